The van der Waals surface area contributed by atoms with E-state index in [1.165, 1.54) is 0 Å². The molecule has 0 heterocycles. The zero-order valence-electron chi connectivity index (χ0n) is 6.74. The Hall–Kier alpha value is -0.180. The molecule has 0 radical (unpaired) electrons. The van der Waals surface area contributed by atoms with Gasteiger partial charge in [0.05, 0.1) is 4.93 Å². The predicted octanol–water partition coefficient (Wildman–Crippen LogP) is 2.78. The van der Waals surface area contributed by atoms with Gasteiger partial charge in [0.15, 0.2) is 13.1 Å². The van der Waals surface area contributed by atoms with Crippen molar-refractivity contribution in [2.24, 2.45) is 0 Å². The summed E-state index contributed by atoms with van der Waals surface area (Å²) in [4.78, 5) is -1.80. The van der Waals surface area contributed by atoms with E-state index in [2.05, 4.69) is 0 Å². The first-order chi connectivity index (χ1) is 4.62. The maximum absolute atomic E-state index is 12.5. The zero-order valence-corrected chi connectivity index (χ0v) is 6.74. The molecule has 0 aliphatic heterocycles. The van der Waals surface area contributed by atoms with Crippen molar-refractivity contribution in [3.8, 4) is 0 Å². The summed E-state index contributed by atoms with van der Waals surface area (Å²) in [6, 6.07) is 0. The second kappa shape index (κ2) is 4.61. The number of unbranched alkanes of at least 4 members (excludes halogenated alkanes) is 1. The summed E-state index contributed by atoms with van der Waals surface area (Å²) in [5.41, 5.74) is 0. The van der Waals surface area contributed by atoms with Gasteiger partial charge < -0.3 is 0 Å². The lowest BCUT2D eigenvalue weighted by molar-refractivity contribution is -1.17. The lowest BCUT2D eigenvalue weighted by Gasteiger charge is -2.11. The molecular formula is C7H16F2N+. The van der Waals surface area contributed by atoms with E-state index in [0.717, 1.165) is 6.42 Å². The molecule has 0 aliphatic rings. The van der Waals surface area contributed by atoms with Crippen molar-refractivity contribution < 1.29 is 13.9 Å². The van der Waals surface area contributed by atoms with Gasteiger partial charge in [-0.3, -0.25) is 0 Å². The summed E-state index contributed by atoms with van der Waals surface area (Å²) < 4.78 is 25.1. The lowest BCUT2D eigenvalue weighted by Crippen LogP contribution is -2.31. The summed E-state index contributed by atoms with van der Waals surface area (Å²) in [5.74, 6) is 0. The molecule has 1 nitrogen and oxygen atoms in total. The van der Waals surface area contributed by atoms with Crippen LogP contribution in [0.3, 0.4) is 0 Å². The van der Waals surface area contributed by atoms with Crippen LogP contribution in [0, 0.1) is 0 Å². The van der Waals surface area contributed by atoms with Crippen molar-refractivity contribution in [3.05, 3.63) is 0 Å². The Bertz CT molecular complexity index is 83.7. The second-order valence-electron chi connectivity index (χ2n) is 2.57. The Morgan fingerprint density at radius 1 is 1.00 bits per heavy atom. The molecule has 10 heavy (non-hydrogen) atoms. The molecule has 0 aromatic carbocycles. The van der Waals surface area contributed by atoms with E-state index in [4.69, 9.17) is 0 Å². The molecule has 0 aromatic heterocycles. The molecule has 0 saturated heterocycles. The highest BCUT2D eigenvalue weighted by Crippen LogP contribution is 2.12. The molecule has 0 spiro atoms. The van der Waals surface area contributed by atoms with Crippen LogP contribution in [0.25, 0.3) is 0 Å². The van der Waals surface area contributed by atoms with E-state index in [0.29, 0.717) is 12.8 Å². The van der Waals surface area contributed by atoms with Gasteiger partial charge in [-0.1, -0.05) is 20.3 Å². The average molecular weight is 152 g/mol. The van der Waals surface area contributed by atoms with Crippen molar-refractivity contribution in [3.63, 3.8) is 0 Å². The average Bonchev–Trinajstić information content (AvgIpc) is 1.84. The van der Waals surface area contributed by atoms with E-state index in [1.54, 1.807) is 6.92 Å². The molecule has 0 aliphatic carbocycles. The molecule has 62 valence electrons. The summed E-state index contributed by atoms with van der Waals surface area (Å²) in [7, 11) is 0. The number of quaternary nitrogens is 1. The number of hydrogen-bond donors (Lipinski definition) is 0. The molecule has 0 fully saturated rings. The molecular weight excluding hydrogens is 136 g/mol. The van der Waals surface area contributed by atoms with E-state index in [1.807, 2.05) is 6.92 Å². The van der Waals surface area contributed by atoms with Crippen molar-refractivity contribution in [2.75, 3.05) is 13.1 Å². The quantitative estimate of drug-likeness (QED) is 0.531. The molecule has 0 unspecified atom stereocenters. The standard InChI is InChI=1S/C7H16F2N/c1-3-5-7-10(8,9)6-4-2/h3-7H2,1-2H3/q+1. The molecule has 0 atom stereocenters. The fraction of sp³-hybridized carbons (Fsp3) is 1.00. The molecule has 0 rings (SSSR count). The van der Waals surface area contributed by atoms with E-state index >= 15 is 0 Å². The van der Waals surface area contributed by atoms with Gasteiger partial charge in [-0.2, -0.15) is 0 Å². The molecule has 0 bridgehead atoms. The third-order valence-electron chi connectivity index (χ3n) is 1.39. The minimum atomic E-state index is -1.80. The van der Waals surface area contributed by atoms with Gasteiger partial charge in [0.2, 0.25) is 0 Å². The highest BCUT2D eigenvalue weighted by molar-refractivity contribution is 4.29. The van der Waals surface area contributed by atoms with E-state index < -0.39 is 4.93 Å². The first-order valence-electron chi connectivity index (χ1n) is 3.88. The van der Waals surface area contributed by atoms with E-state index in [9.17, 15) is 8.96 Å². The number of rotatable bonds is 5. The van der Waals surface area contributed by atoms with Crippen molar-refractivity contribution >= 4 is 0 Å². The van der Waals surface area contributed by atoms with Crippen LogP contribution in [0.2, 0.25) is 0 Å². The molecule has 0 aromatic rings. The smallest absolute Gasteiger partial charge is 0.0652 e. The fourth-order valence-corrected chi connectivity index (χ4v) is 0.828. The third kappa shape index (κ3) is 4.68. The zero-order chi connectivity index (χ0) is 8.04. The van der Waals surface area contributed by atoms with Gasteiger partial charge in [0, 0.05) is 21.8 Å². The Kier molecular flexibility index (Phi) is 4.52. The number of halogens is 2. The molecule has 0 N–H and O–H groups in total. The largest absolute Gasteiger partial charge is 0.155 e. The van der Waals surface area contributed by atoms with Crippen LogP contribution in [0.1, 0.15) is 33.1 Å². The maximum Gasteiger partial charge on any atom is 0.155 e. The van der Waals surface area contributed by atoms with Crippen molar-refractivity contribution in [2.45, 2.75) is 33.1 Å². The first-order valence-corrected chi connectivity index (χ1v) is 3.88. The van der Waals surface area contributed by atoms with E-state index in [-0.39, 0.29) is 13.1 Å². The van der Waals surface area contributed by atoms with Gasteiger partial charge in [-0.25, -0.2) is 0 Å². The van der Waals surface area contributed by atoms with Crippen LogP contribution in [-0.4, -0.2) is 18.0 Å². The summed E-state index contributed by atoms with van der Waals surface area (Å²) >= 11 is 0. The normalized spacial score (nSPS) is 12.0. The lowest BCUT2D eigenvalue weighted by atomic mass is 10.3. The summed E-state index contributed by atoms with van der Waals surface area (Å²) in [5, 5.41) is 0. The summed E-state index contributed by atoms with van der Waals surface area (Å²) in [6.45, 7) is 3.69. The summed E-state index contributed by atoms with van der Waals surface area (Å²) in [6.07, 6.45) is 2.02. The minimum Gasteiger partial charge on any atom is -0.0652 e. The minimum absolute atomic E-state index is 0.00431. The van der Waals surface area contributed by atoms with Gasteiger partial charge in [0.25, 0.3) is 0 Å². The Morgan fingerprint density at radius 2 is 1.60 bits per heavy atom. The van der Waals surface area contributed by atoms with Crippen LogP contribution >= 0.6 is 0 Å². The Balaban J connectivity index is 3.42. The van der Waals surface area contributed by atoms with Crippen molar-refractivity contribution in [1.82, 2.24) is 0 Å². The van der Waals surface area contributed by atoms with Crippen LogP contribution in [0.15, 0.2) is 0 Å². The molecule has 0 saturated carbocycles. The maximum atomic E-state index is 12.5. The van der Waals surface area contributed by atoms with Gasteiger partial charge in [0.1, 0.15) is 0 Å². The number of nitrogens with zero attached hydrogens (tertiary/aromatic N) is 1. The van der Waals surface area contributed by atoms with Gasteiger partial charge >= 0.3 is 0 Å². The Morgan fingerprint density at radius 3 is 2.00 bits per heavy atom. The van der Waals surface area contributed by atoms with Crippen LogP contribution < -0.4 is 0 Å². The van der Waals surface area contributed by atoms with Crippen LogP contribution in [0.4, 0.5) is 8.96 Å². The topological polar surface area (TPSA) is 0 Å². The molecule has 0 amide bonds. The highest BCUT2D eigenvalue weighted by atomic mass is 19.4. The first kappa shape index (κ1) is 9.82. The van der Waals surface area contributed by atoms with Crippen LogP contribution in [0.5, 0.6) is 0 Å². The predicted molar refractivity (Wildman–Crippen MR) is 37.4 cm³/mol. The van der Waals surface area contributed by atoms with Gasteiger partial charge in [-0.05, 0) is 0 Å². The van der Waals surface area contributed by atoms with Crippen LogP contribution in [-0.2, 0) is 0 Å². The molecule has 3 heteroatoms. The fourth-order valence-electron chi connectivity index (χ4n) is 0.828. The van der Waals surface area contributed by atoms with Gasteiger partial charge in [-0.15, -0.1) is 0 Å². The monoisotopic (exact) mass is 152 g/mol. The van der Waals surface area contributed by atoms with Crippen molar-refractivity contribution in [1.29, 1.82) is 0 Å². The highest BCUT2D eigenvalue weighted by Gasteiger charge is 2.26. The Labute approximate surface area is 61.1 Å². The second-order valence-corrected chi connectivity index (χ2v) is 2.57. The SMILES string of the molecule is CCCC[N+](F)(F)CCC. The number of hydrogen-bond acceptors (Lipinski definition) is 0. The third-order valence-corrected chi connectivity index (χ3v) is 1.39.